The first-order valence-corrected chi connectivity index (χ1v) is 7.22. The number of hydrogen-bond acceptors (Lipinski definition) is 6. The molecule has 23 heavy (non-hydrogen) atoms. The molecule has 3 heterocycles. The summed E-state index contributed by atoms with van der Waals surface area (Å²) in [4.78, 5) is 22.7. The number of aromatic nitrogens is 4. The van der Waals surface area contributed by atoms with Crippen molar-refractivity contribution in [1.82, 2.24) is 24.6 Å². The third kappa shape index (κ3) is 3.31. The van der Waals surface area contributed by atoms with Crippen LogP contribution in [0.3, 0.4) is 0 Å². The molecule has 0 bridgehead atoms. The molecule has 0 N–H and O–H groups in total. The molecule has 0 saturated carbocycles. The smallest absolute Gasteiger partial charge is 0.272 e. The predicted molar refractivity (Wildman–Crippen MR) is 79.2 cm³/mol. The van der Waals surface area contributed by atoms with Gasteiger partial charge in [0, 0.05) is 12.2 Å². The van der Waals surface area contributed by atoms with E-state index < -0.39 is 0 Å². The van der Waals surface area contributed by atoms with Crippen LogP contribution in [0.2, 0.25) is 0 Å². The second-order valence-electron chi connectivity index (χ2n) is 5.38. The predicted octanol–water partition coefficient (Wildman–Crippen LogP) is 2.28. The van der Waals surface area contributed by atoms with Crippen molar-refractivity contribution in [2.24, 2.45) is 0 Å². The summed E-state index contributed by atoms with van der Waals surface area (Å²) in [6, 6.07) is 1.80. The summed E-state index contributed by atoms with van der Waals surface area (Å²) < 4.78 is 11.7. The molecule has 120 valence electrons. The number of carbonyl (C=O) groups is 1. The maximum absolute atomic E-state index is 12.9. The van der Waals surface area contributed by atoms with Crippen LogP contribution < -0.4 is 0 Å². The van der Waals surface area contributed by atoms with Crippen LogP contribution in [0.25, 0.3) is 0 Å². The van der Waals surface area contributed by atoms with Crippen LogP contribution in [-0.4, -0.2) is 30.6 Å². The highest BCUT2D eigenvalue weighted by Crippen LogP contribution is 2.15. The Morgan fingerprint density at radius 3 is 2.26 bits per heavy atom. The van der Waals surface area contributed by atoms with Gasteiger partial charge in [0.05, 0.1) is 24.5 Å². The van der Waals surface area contributed by atoms with Crippen LogP contribution in [0.5, 0.6) is 0 Å². The first-order chi connectivity index (χ1) is 11.1. The van der Waals surface area contributed by atoms with E-state index in [-0.39, 0.29) is 11.9 Å². The van der Waals surface area contributed by atoms with Crippen LogP contribution in [0.1, 0.15) is 41.8 Å². The molecule has 0 radical (unpaired) electrons. The normalized spacial score (nSPS) is 11.1. The van der Waals surface area contributed by atoms with E-state index in [1.807, 2.05) is 13.8 Å². The molecule has 0 aliphatic heterocycles. The second-order valence-corrected chi connectivity index (χ2v) is 5.38. The van der Waals surface area contributed by atoms with Crippen molar-refractivity contribution >= 4 is 5.91 Å². The van der Waals surface area contributed by atoms with E-state index in [2.05, 4.69) is 15.1 Å². The van der Waals surface area contributed by atoms with Gasteiger partial charge >= 0.3 is 0 Å². The van der Waals surface area contributed by atoms with Crippen molar-refractivity contribution < 1.29 is 13.6 Å². The highest BCUT2D eigenvalue weighted by molar-refractivity contribution is 5.92. The van der Waals surface area contributed by atoms with E-state index in [0.717, 1.165) is 0 Å². The van der Waals surface area contributed by atoms with E-state index in [1.165, 1.54) is 25.3 Å². The molecular weight excluding hydrogens is 298 g/mol. The number of carbonyl (C=O) groups excluding carboxylic acids is 1. The fourth-order valence-corrected chi connectivity index (χ4v) is 2.28. The quantitative estimate of drug-likeness (QED) is 0.693. The Morgan fingerprint density at radius 2 is 1.78 bits per heavy atom. The maximum atomic E-state index is 12.9. The lowest BCUT2D eigenvalue weighted by Crippen LogP contribution is -2.32. The van der Waals surface area contributed by atoms with Crippen LogP contribution in [-0.2, 0) is 13.1 Å². The minimum atomic E-state index is -0.151. The summed E-state index contributed by atoms with van der Waals surface area (Å²) in [5.41, 5.74) is 1.85. The molecule has 3 aromatic rings. The van der Waals surface area contributed by atoms with Crippen LogP contribution in [0, 0.1) is 0 Å². The first kappa shape index (κ1) is 15.0. The van der Waals surface area contributed by atoms with Gasteiger partial charge < -0.3 is 13.7 Å². The monoisotopic (exact) mass is 315 g/mol. The summed E-state index contributed by atoms with van der Waals surface area (Å²) >= 11 is 0. The van der Waals surface area contributed by atoms with Crippen molar-refractivity contribution in [3.63, 3.8) is 0 Å². The van der Waals surface area contributed by atoms with Gasteiger partial charge in [-0.25, -0.2) is 9.97 Å². The van der Waals surface area contributed by atoms with E-state index >= 15 is 0 Å². The zero-order chi connectivity index (χ0) is 16.2. The number of hydrogen-bond donors (Lipinski definition) is 0. The average Bonchev–Trinajstić information content (AvgIpc) is 3.28. The SMILES string of the molecule is CC(C)n1nccc1C(=O)N(Cc1cocn1)Cc1cocn1. The Morgan fingerprint density at radius 1 is 1.17 bits per heavy atom. The zero-order valence-electron chi connectivity index (χ0n) is 12.9. The zero-order valence-corrected chi connectivity index (χ0v) is 12.9. The maximum Gasteiger partial charge on any atom is 0.272 e. The lowest BCUT2D eigenvalue weighted by molar-refractivity contribution is 0.0711. The molecule has 0 aliphatic rings. The number of amides is 1. The number of oxazole rings is 2. The Labute approximate surface area is 132 Å². The van der Waals surface area contributed by atoms with Crippen LogP contribution in [0.15, 0.2) is 46.4 Å². The van der Waals surface area contributed by atoms with Crippen molar-refractivity contribution in [2.45, 2.75) is 33.0 Å². The molecule has 0 aromatic carbocycles. The standard InChI is InChI=1S/C15H17N5O3/c1-11(2)20-14(3-4-18-20)15(21)19(5-12-7-22-9-16-12)6-13-8-23-10-17-13/h3-4,7-11H,5-6H2,1-2H3. The molecule has 0 fully saturated rings. The Hall–Kier alpha value is -2.90. The molecule has 0 atom stereocenters. The Bertz CT molecular complexity index is 710. The molecule has 1 amide bonds. The molecule has 0 unspecified atom stereocenters. The van der Waals surface area contributed by atoms with Gasteiger partial charge in [0.25, 0.3) is 5.91 Å². The summed E-state index contributed by atoms with van der Waals surface area (Å²) in [7, 11) is 0. The van der Waals surface area contributed by atoms with Crippen molar-refractivity contribution in [3.05, 3.63) is 54.7 Å². The fourth-order valence-electron chi connectivity index (χ4n) is 2.28. The van der Waals surface area contributed by atoms with E-state index in [1.54, 1.807) is 21.8 Å². The van der Waals surface area contributed by atoms with E-state index in [0.29, 0.717) is 30.2 Å². The third-order valence-corrected chi connectivity index (χ3v) is 3.34. The van der Waals surface area contributed by atoms with Gasteiger partial charge in [-0.15, -0.1) is 0 Å². The minimum Gasteiger partial charge on any atom is -0.451 e. The highest BCUT2D eigenvalue weighted by Gasteiger charge is 2.22. The molecule has 0 saturated heterocycles. The Balaban J connectivity index is 1.87. The average molecular weight is 315 g/mol. The van der Waals surface area contributed by atoms with Gasteiger partial charge in [-0.1, -0.05) is 0 Å². The highest BCUT2D eigenvalue weighted by atomic mass is 16.3. The van der Waals surface area contributed by atoms with Gasteiger partial charge in [0.2, 0.25) is 0 Å². The van der Waals surface area contributed by atoms with Crippen LogP contribution in [0.4, 0.5) is 0 Å². The lowest BCUT2D eigenvalue weighted by atomic mass is 10.3. The summed E-state index contributed by atoms with van der Waals surface area (Å²) in [6.07, 6.45) is 7.34. The van der Waals surface area contributed by atoms with Gasteiger partial charge in [0.1, 0.15) is 18.2 Å². The first-order valence-electron chi connectivity index (χ1n) is 7.22. The summed E-state index contributed by atoms with van der Waals surface area (Å²) in [6.45, 7) is 4.57. The molecule has 3 rings (SSSR count). The topological polar surface area (TPSA) is 90.2 Å². The van der Waals surface area contributed by atoms with Gasteiger partial charge in [0.15, 0.2) is 12.8 Å². The molecule has 8 nitrogen and oxygen atoms in total. The van der Waals surface area contributed by atoms with Crippen molar-refractivity contribution in [3.8, 4) is 0 Å². The molecule has 3 aromatic heterocycles. The van der Waals surface area contributed by atoms with Gasteiger partial charge in [-0.3, -0.25) is 9.48 Å². The van der Waals surface area contributed by atoms with Gasteiger partial charge in [-0.2, -0.15) is 5.10 Å². The fraction of sp³-hybridized carbons (Fsp3) is 0.333. The molecular formula is C15H17N5O3. The van der Waals surface area contributed by atoms with E-state index in [4.69, 9.17) is 8.83 Å². The second kappa shape index (κ2) is 6.47. The van der Waals surface area contributed by atoms with Crippen LogP contribution >= 0.6 is 0 Å². The molecule has 0 spiro atoms. The van der Waals surface area contributed by atoms with Crippen molar-refractivity contribution in [2.75, 3.05) is 0 Å². The largest absolute Gasteiger partial charge is 0.451 e. The van der Waals surface area contributed by atoms with Crippen molar-refractivity contribution in [1.29, 1.82) is 0 Å². The van der Waals surface area contributed by atoms with E-state index in [9.17, 15) is 4.79 Å². The minimum absolute atomic E-state index is 0.0879. The molecule has 0 aliphatic carbocycles. The summed E-state index contributed by atoms with van der Waals surface area (Å²) in [5, 5.41) is 4.21. The Kier molecular flexibility index (Phi) is 4.22. The van der Waals surface area contributed by atoms with Gasteiger partial charge in [-0.05, 0) is 19.9 Å². The number of rotatable bonds is 6. The lowest BCUT2D eigenvalue weighted by Gasteiger charge is -2.21. The summed E-state index contributed by atoms with van der Waals surface area (Å²) in [5.74, 6) is -0.151. The number of nitrogens with zero attached hydrogens (tertiary/aromatic N) is 5. The molecule has 8 heteroatoms. The third-order valence-electron chi connectivity index (χ3n) is 3.34.